The quantitative estimate of drug-likeness (QED) is 0.454. The summed E-state index contributed by atoms with van der Waals surface area (Å²) in [7, 11) is 1.76. The molecule has 2 aromatic carbocycles. The van der Waals surface area contributed by atoms with Gasteiger partial charge in [0.15, 0.2) is 0 Å². The van der Waals surface area contributed by atoms with E-state index in [1.807, 2.05) is 0 Å². The van der Waals surface area contributed by atoms with Crippen LogP contribution >= 0.6 is 27.5 Å². The summed E-state index contributed by atoms with van der Waals surface area (Å²) >= 11 is 10.5. The highest BCUT2D eigenvalue weighted by Gasteiger charge is 2.54. The Morgan fingerprint density at radius 1 is 1.13 bits per heavy atom. The van der Waals surface area contributed by atoms with E-state index in [4.69, 9.17) is 16.3 Å². The van der Waals surface area contributed by atoms with E-state index in [1.165, 1.54) is 30.5 Å². The second-order valence-electron chi connectivity index (χ2n) is 9.80. The zero-order chi connectivity index (χ0) is 20.9. The van der Waals surface area contributed by atoms with E-state index in [2.05, 4.69) is 70.6 Å². The molecular weight excluding hydrogens is 458 g/mol. The minimum absolute atomic E-state index is 0.253. The van der Waals surface area contributed by atoms with Gasteiger partial charge in [0.2, 0.25) is 0 Å². The molecule has 0 bridgehead atoms. The number of halogens is 2. The van der Waals surface area contributed by atoms with Gasteiger partial charge in [-0.05, 0) is 103 Å². The van der Waals surface area contributed by atoms with Gasteiger partial charge in [-0.2, -0.15) is 0 Å². The molecule has 3 aliphatic carbocycles. The van der Waals surface area contributed by atoms with Gasteiger partial charge in [0.1, 0.15) is 5.75 Å². The summed E-state index contributed by atoms with van der Waals surface area (Å²) in [4.78, 5) is 0. The highest BCUT2D eigenvalue weighted by molar-refractivity contribution is 9.10. The molecular formula is C26H31BrClNO. The second-order valence-corrected chi connectivity index (χ2v) is 11.3. The van der Waals surface area contributed by atoms with Gasteiger partial charge in [0.25, 0.3) is 0 Å². The molecule has 0 aromatic heterocycles. The van der Waals surface area contributed by atoms with Gasteiger partial charge >= 0.3 is 0 Å². The van der Waals surface area contributed by atoms with Crippen molar-refractivity contribution >= 4 is 33.2 Å². The van der Waals surface area contributed by atoms with Crippen LogP contribution in [-0.2, 0) is 6.42 Å². The van der Waals surface area contributed by atoms with Crippen LogP contribution in [0.2, 0.25) is 0 Å². The molecule has 0 amide bonds. The highest BCUT2D eigenvalue weighted by Crippen LogP contribution is 2.60. The normalized spacial score (nSPS) is 35.0. The molecule has 3 aliphatic rings. The van der Waals surface area contributed by atoms with Gasteiger partial charge < -0.3 is 10.1 Å². The number of fused-ring (bicyclic) bond motifs is 5. The summed E-state index contributed by atoms with van der Waals surface area (Å²) in [5.41, 5.74) is 4.56. The first-order chi connectivity index (χ1) is 14.5. The summed E-state index contributed by atoms with van der Waals surface area (Å²) in [6.45, 7) is 2.54. The minimum Gasteiger partial charge on any atom is -0.497 e. The summed E-state index contributed by atoms with van der Waals surface area (Å²) < 4.78 is 6.60. The summed E-state index contributed by atoms with van der Waals surface area (Å²) in [5.74, 6) is 3.07. The number of alkyl halides is 1. The fourth-order valence-electron chi connectivity index (χ4n) is 6.81. The Morgan fingerprint density at radius 3 is 2.80 bits per heavy atom. The van der Waals surface area contributed by atoms with Crippen molar-refractivity contribution in [2.24, 2.45) is 17.3 Å². The van der Waals surface area contributed by atoms with Gasteiger partial charge in [-0.1, -0.05) is 35.0 Å². The topological polar surface area (TPSA) is 21.3 Å². The van der Waals surface area contributed by atoms with Crippen LogP contribution in [0.5, 0.6) is 5.75 Å². The maximum atomic E-state index is 6.90. The fourth-order valence-corrected chi connectivity index (χ4v) is 7.58. The van der Waals surface area contributed by atoms with Crippen molar-refractivity contribution in [3.63, 3.8) is 0 Å². The Labute approximate surface area is 193 Å². The SMILES string of the molecule is COc1ccc2c(c1)CC[C@@H]1[C@@H]2CC[C@]2(C)[C@@H](Nc3cccc(Br)c3)C[C@@H](Cl)C[C@@H]12. The van der Waals surface area contributed by atoms with Crippen molar-refractivity contribution in [2.45, 2.75) is 62.8 Å². The number of benzene rings is 2. The maximum absolute atomic E-state index is 6.90. The summed E-state index contributed by atoms with van der Waals surface area (Å²) in [5, 5.41) is 4.14. The van der Waals surface area contributed by atoms with E-state index >= 15 is 0 Å². The number of rotatable bonds is 3. The predicted octanol–water partition coefficient (Wildman–Crippen LogP) is 7.40. The smallest absolute Gasteiger partial charge is 0.119 e. The summed E-state index contributed by atoms with van der Waals surface area (Å²) in [6, 6.07) is 15.7. The van der Waals surface area contributed by atoms with Gasteiger partial charge in [0.05, 0.1) is 7.11 Å². The van der Waals surface area contributed by atoms with Crippen LogP contribution in [0, 0.1) is 17.3 Å². The van der Waals surface area contributed by atoms with E-state index in [1.54, 1.807) is 12.7 Å². The number of nitrogens with one attached hydrogen (secondary N) is 1. The van der Waals surface area contributed by atoms with E-state index in [0.29, 0.717) is 23.3 Å². The zero-order valence-electron chi connectivity index (χ0n) is 17.8. The van der Waals surface area contributed by atoms with E-state index in [0.717, 1.165) is 35.4 Å². The van der Waals surface area contributed by atoms with Crippen LogP contribution in [0.3, 0.4) is 0 Å². The van der Waals surface area contributed by atoms with E-state index in [-0.39, 0.29) is 5.38 Å². The number of ether oxygens (including phenoxy) is 1. The molecule has 5 rings (SSSR count). The van der Waals surface area contributed by atoms with E-state index in [9.17, 15) is 0 Å². The predicted molar refractivity (Wildman–Crippen MR) is 129 cm³/mol. The van der Waals surface area contributed by atoms with Crippen LogP contribution in [0.1, 0.15) is 56.1 Å². The van der Waals surface area contributed by atoms with Crippen molar-refractivity contribution in [3.8, 4) is 5.75 Å². The Bertz CT molecular complexity index is 933. The van der Waals surface area contributed by atoms with Crippen LogP contribution < -0.4 is 10.1 Å². The lowest BCUT2D eigenvalue weighted by Gasteiger charge is -2.58. The Kier molecular flexibility index (Phi) is 5.56. The van der Waals surface area contributed by atoms with Crippen molar-refractivity contribution in [3.05, 3.63) is 58.1 Å². The lowest BCUT2D eigenvalue weighted by atomic mass is 9.49. The van der Waals surface area contributed by atoms with Gasteiger partial charge in [-0.3, -0.25) is 0 Å². The molecule has 0 aliphatic heterocycles. The third kappa shape index (κ3) is 3.56. The van der Waals surface area contributed by atoms with Crippen molar-refractivity contribution in [1.29, 1.82) is 0 Å². The molecule has 0 spiro atoms. The number of aryl methyl sites for hydroxylation is 1. The molecule has 30 heavy (non-hydrogen) atoms. The van der Waals surface area contributed by atoms with Crippen LogP contribution in [0.15, 0.2) is 46.9 Å². The second kappa shape index (κ2) is 8.06. The highest BCUT2D eigenvalue weighted by atomic mass is 79.9. The lowest BCUT2D eigenvalue weighted by molar-refractivity contribution is -0.0124. The zero-order valence-corrected chi connectivity index (χ0v) is 20.2. The number of methoxy groups -OCH3 is 1. The molecule has 2 aromatic rings. The molecule has 6 atom stereocenters. The number of hydrogen-bond acceptors (Lipinski definition) is 2. The molecule has 160 valence electrons. The Morgan fingerprint density at radius 2 is 2.00 bits per heavy atom. The first kappa shape index (κ1) is 20.7. The third-order valence-electron chi connectivity index (χ3n) is 8.33. The molecule has 2 fully saturated rings. The van der Waals surface area contributed by atoms with E-state index < -0.39 is 0 Å². The monoisotopic (exact) mass is 487 g/mol. The standard InChI is InChI=1S/C26H31BrClNO/c1-26-11-10-22-21-9-7-20(30-2)12-16(21)6-8-23(22)24(26)14-18(28)15-25(26)29-19-5-3-4-17(27)13-19/h3-5,7,9,12-13,18,22-25,29H,6,8,10-11,14-15H2,1-2H3/t18-,22+,23+,24-,25-,26-/m0/s1. The van der Waals surface area contributed by atoms with Crippen molar-refractivity contribution < 1.29 is 4.74 Å². The molecule has 0 saturated heterocycles. The largest absolute Gasteiger partial charge is 0.497 e. The van der Waals surface area contributed by atoms with Crippen LogP contribution in [0.25, 0.3) is 0 Å². The van der Waals surface area contributed by atoms with Crippen LogP contribution in [-0.4, -0.2) is 18.5 Å². The van der Waals surface area contributed by atoms with Crippen molar-refractivity contribution in [1.82, 2.24) is 0 Å². The van der Waals surface area contributed by atoms with Crippen LogP contribution in [0.4, 0.5) is 5.69 Å². The molecule has 0 radical (unpaired) electrons. The average molecular weight is 489 g/mol. The first-order valence-corrected chi connectivity index (χ1v) is 12.5. The van der Waals surface area contributed by atoms with Gasteiger partial charge in [0, 0.05) is 21.6 Å². The Balaban J connectivity index is 1.44. The number of hydrogen-bond donors (Lipinski definition) is 1. The lowest BCUT2D eigenvalue weighted by Crippen LogP contribution is -2.55. The maximum Gasteiger partial charge on any atom is 0.119 e. The summed E-state index contributed by atoms with van der Waals surface area (Å²) in [6.07, 6.45) is 7.18. The van der Waals surface area contributed by atoms with Crippen molar-refractivity contribution in [2.75, 3.05) is 12.4 Å². The Hall–Kier alpha value is -1.19. The average Bonchev–Trinajstić information content (AvgIpc) is 2.74. The van der Waals surface area contributed by atoms with Gasteiger partial charge in [-0.15, -0.1) is 11.6 Å². The third-order valence-corrected chi connectivity index (χ3v) is 9.18. The minimum atomic E-state index is 0.253. The molecule has 2 nitrogen and oxygen atoms in total. The molecule has 4 heteroatoms. The first-order valence-electron chi connectivity index (χ1n) is 11.3. The molecule has 0 unspecified atom stereocenters. The number of anilines is 1. The molecule has 2 saturated carbocycles. The fraction of sp³-hybridized carbons (Fsp3) is 0.538. The molecule has 0 heterocycles. The van der Waals surface area contributed by atoms with Gasteiger partial charge in [-0.25, -0.2) is 0 Å². The molecule has 1 N–H and O–H groups in total.